The van der Waals surface area contributed by atoms with Crippen LogP contribution in [0.25, 0.3) is 49.2 Å². The lowest BCUT2D eigenvalue weighted by molar-refractivity contribution is 0.633. The summed E-state index contributed by atoms with van der Waals surface area (Å²) in [7, 11) is 0. The molecule has 0 fully saturated rings. The van der Waals surface area contributed by atoms with Crippen LogP contribution in [0, 0.1) is 33.5 Å². The van der Waals surface area contributed by atoms with Gasteiger partial charge in [-0.2, -0.15) is 0 Å². The molecule has 0 bridgehead atoms. The average Bonchev–Trinajstić information content (AvgIpc) is 3.12. The standard InChI is InChI=1S/C12H13N.C12H11N.C10H8BrN.C10H8FN/c2*1-3-10-7-13-8-11-6-4-5-9(2)12(10)11;2*1-7-3-2-4-8-5-12-6-9(11)10(7)8/h4-8H,3H2,1-2H3;3-8H,1H2,2H3;2*2-6H,1H3. The van der Waals surface area contributed by atoms with Crippen LogP contribution in [0.2, 0.25) is 0 Å². The van der Waals surface area contributed by atoms with Crippen molar-refractivity contribution in [3.63, 3.8) is 0 Å². The number of benzene rings is 4. The number of aryl methyl sites for hydroxylation is 5. The fourth-order valence-corrected chi connectivity index (χ4v) is 6.79. The summed E-state index contributed by atoms with van der Waals surface area (Å²) in [4.78, 5) is 16.3. The minimum atomic E-state index is -0.245. The van der Waals surface area contributed by atoms with Gasteiger partial charge in [0.05, 0.1) is 6.20 Å². The molecule has 250 valence electrons. The van der Waals surface area contributed by atoms with Gasteiger partial charge in [-0.05, 0) is 88.6 Å². The molecule has 4 nitrogen and oxygen atoms in total. The lowest BCUT2D eigenvalue weighted by atomic mass is 10.0. The van der Waals surface area contributed by atoms with E-state index in [4.69, 9.17) is 0 Å². The first kappa shape index (κ1) is 36.0. The number of hydrogen-bond acceptors (Lipinski definition) is 4. The molecule has 0 aliphatic heterocycles. The zero-order valence-corrected chi connectivity index (χ0v) is 30.7. The van der Waals surface area contributed by atoms with Crippen molar-refractivity contribution < 1.29 is 4.39 Å². The Kier molecular flexibility index (Phi) is 12.1. The topological polar surface area (TPSA) is 51.6 Å². The van der Waals surface area contributed by atoms with E-state index in [0.29, 0.717) is 5.39 Å². The lowest BCUT2D eigenvalue weighted by Crippen LogP contribution is -1.88. The van der Waals surface area contributed by atoms with Crippen molar-refractivity contribution in [2.75, 3.05) is 0 Å². The number of rotatable bonds is 2. The first-order valence-electron chi connectivity index (χ1n) is 16.5. The number of fused-ring (bicyclic) bond motifs is 4. The summed E-state index contributed by atoms with van der Waals surface area (Å²) >= 11 is 3.49. The smallest absolute Gasteiger partial charge is 0.149 e. The third-order valence-corrected chi connectivity index (χ3v) is 9.18. The average molecular weight is 724 g/mol. The number of pyridine rings is 4. The summed E-state index contributed by atoms with van der Waals surface area (Å²) in [6, 6.07) is 24.5. The molecule has 0 unspecified atom stereocenters. The number of aromatic nitrogens is 4. The Balaban J connectivity index is 0.000000130. The largest absolute Gasteiger partial charge is 0.264 e. The molecule has 0 saturated carbocycles. The fraction of sp³-hybridized carbons (Fsp3) is 0.136. The molecule has 0 radical (unpaired) electrons. The fourth-order valence-electron chi connectivity index (χ4n) is 6.13. The molecular formula is C44H40BrFN4. The van der Waals surface area contributed by atoms with Gasteiger partial charge in [0.15, 0.2) is 0 Å². The third-order valence-electron chi connectivity index (χ3n) is 8.58. The molecule has 0 aliphatic rings. The van der Waals surface area contributed by atoms with Crippen molar-refractivity contribution in [1.82, 2.24) is 19.9 Å². The van der Waals surface area contributed by atoms with E-state index in [1.807, 2.05) is 80.5 Å². The first-order valence-corrected chi connectivity index (χ1v) is 17.3. The molecule has 0 saturated heterocycles. The maximum atomic E-state index is 13.2. The van der Waals surface area contributed by atoms with Crippen LogP contribution in [-0.4, -0.2) is 19.9 Å². The highest BCUT2D eigenvalue weighted by atomic mass is 79.9. The van der Waals surface area contributed by atoms with Gasteiger partial charge in [0.1, 0.15) is 5.82 Å². The zero-order chi connectivity index (χ0) is 35.6. The minimum absolute atomic E-state index is 0.245. The molecule has 8 aromatic rings. The van der Waals surface area contributed by atoms with Crippen molar-refractivity contribution in [3.05, 3.63) is 173 Å². The van der Waals surface area contributed by atoms with Gasteiger partial charge in [0.25, 0.3) is 0 Å². The van der Waals surface area contributed by atoms with Crippen molar-refractivity contribution in [3.8, 4) is 0 Å². The predicted octanol–water partition coefficient (Wildman–Crippen LogP) is 12.3. The molecular weight excluding hydrogens is 683 g/mol. The highest BCUT2D eigenvalue weighted by Gasteiger charge is 2.04. The Morgan fingerprint density at radius 2 is 0.960 bits per heavy atom. The van der Waals surface area contributed by atoms with Crippen LogP contribution in [0.15, 0.2) is 133 Å². The Morgan fingerprint density at radius 1 is 0.540 bits per heavy atom. The summed E-state index contributed by atoms with van der Waals surface area (Å²) in [6.07, 6.45) is 17.2. The van der Waals surface area contributed by atoms with Crippen molar-refractivity contribution >= 4 is 65.1 Å². The molecule has 4 heterocycles. The third kappa shape index (κ3) is 8.27. The molecule has 0 N–H and O–H groups in total. The highest BCUT2D eigenvalue weighted by molar-refractivity contribution is 9.10. The maximum absolute atomic E-state index is 13.2. The summed E-state index contributed by atoms with van der Waals surface area (Å²) in [5, 5.41) is 9.03. The van der Waals surface area contributed by atoms with E-state index in [1.54, 1.807) is 6.20 Å². The summed E-state index contributed by atoms with van der Waals surface area (Å²) < 4.78 is 14.3. The Labute approximate surface area is 301 Å². The normalized spacial score (nSPS) is 10.5. The van der Waals surface area contributed by atoms with Gasteiger partial charge in [0, 0.05) is 85.7 Å². The van der Waals surface area contributed by atoms with Gasteiger partial charge >= 0.3 is 0 Å². The molecule has 0 spiro atoms. The molecule has 6 heteroatoms. The van der Waals surface area contributed by atoms with Crippen LogP contribution in [-0.2, 0) is 6.42 Å². The summed E-state index contributed by atoms with van der Waals surface area (Å²) in [6.45, 7) is 14.2. The zero-order valence-electron chi connectivity index (χ0n) is 29.1. The Morgan fingerprint density at radius 3 is 1.48 bits per heavy atom. The van der Waals surface area contributed by atoms with E-state index in [0.717, 1.165) is 27.4 Å². The summed E-state index contributed by atoms with van der Waals surface area (Å²) in [5.74, 6) is -0.245. The molecule has 4 aromatic heterocycles. The van der Waals surface area contributed by atoms with Crippen LogP contribution in [0.3, 0.4) is 0 Å². The Hall–Kier alpha value is -5.33. The lowest BCUT2D eigenvalue weighted by Gasteiger charge is -2.05. The maximum Gasteiger partial charge on any atom is 0.149 e. The van der Waals surface area contributed by atoms with E-state index in [2.05, 4.69) is 113 Å². The van der Waals surface area contributed by atoms with Crippen LogP contribution in [0.1, 0.15) is 40.3 Å². The van der Waals surface area contributed by atoms with E-state index in [9.17, 15) is 4.39 Å². The van der Waals surface area contributed by atoms with Crippen molar-refractivity contribution in [2.45, 2.75) is 41.0 Å². The van der Waals surface area contributed by atoms with E-state index < -0.39 is 0 Å². The van der Waals surface area contributed by atoms with Gasteiger partial charge < -0.3 is 0 Å². The second-order valence-electron chi connectivity index (χ2n) is 12.0. The Bertz CT molecular complexity index is 2250. The number of hydrogen-bond donors (Lipinski definition) is 0. The monoisotopic (exact) mass is 722 g/mol. The second kappa shape index (κ2) is 16.9. The van der Waals surface area contributed by atoms with Gasteiger partial charge in [0.2, 0.25) is 0 Å². The van der Waals surface area contributed by atoms with Gasteiger partial charge in [-0.15, -0.1) is 0 Å². The van der Waals surface area contributed by atoms with Crippen LogP contribution in [0.4, 0.5) is 4.39 Å². The predicted molar refractivity (Wildman–Crippen MR) is 213 cm³/mol. The molecule has 8 rings (SSSR count). The van der Waals surface area contributed by atoms with Crippen molar-refractivity contribution in [2.24, 2.45) is 0 Å². The SMILES string of the molecule is C=Cc1cncc2cccc(C)c12.CCc1cncc2cccc(C)c12.Cc1cccc2cncc(Br)c12.Cc1cccc2cncc(F)c12. The van der Waals surface area contributed by atoms with Crippen molar-refractivity contribution in [1.29, 1.82) is 0 Å². The van der Waals surface area contributed by atoms with Crippen LogP contribution >= 0.6 is 15.9 Å². The highest BCUT2D eigenvalue weighted by Crippen LogP contribution is 2.26. The molecule has 0 amide bonds. The molecule has 50 heavy (non-hydrogen) atoms. The number of halogens is 2. The van der Waals surface area contributed by atoms with E-state index >= 15 is 0 Å². The molecule has 0 aliphatic carbocycles. The van der Waals surface area contributed by atoms with Gasteiger partial charge in [-0.1, -0.05) is 92.4 Å². The van der Waals surface area contributed by atoms with Crippen LogP contribution in [0.5, 0.6) is 0 Å². The summed E-state index contributed by atoms with van der Waals surface area (Å²) in [5.41, 5.74) is 7.30. The van der Waals surface area contributed by atoms with Crippen LogP contribution < -0.4 is 0 Å². The number of nitrogens with zero attached hydrogens (tertiary/aromatic N) is 4. The minimum Gasteiger partial charge on any atom is -0.264 e. The quantitative estimate of drug-likeness (QED) is 0.178. The van der Waals surface area contributed by atoms with E-state index in [1.165, 1.54) is 60.8 Å². The second-order valence-corrected chi connectivity index (χ2v) is 12.9. The molecule has 0 atom stereocenters. The first-order chi connectivity index (χ1) is 24.2. The van der Waals surface area contributed by atoms with Gasteiger partial charge in [-0.25, -0.2) is 4.39 Å². The molecule has 4 aromatic carbocycles. The van der Waals surface area contributed by atoms with Gasteiger partial charge in [-0.3, -0.25) is 19.9 Å². The van der Waals surface area contributed by atoms with E-state index in [-0.39, 0.29) is 5.82 Å².